The number of aromatic amines is 1. The number of carbonyl (C=O) groups excluding carboxylic acids is 4. The number of hydrogen-bond acceptors (Lipinski definition) is 18. The second-order valence-electron chi connectivity index (χ2n) is 22.3. The number of aryl methyl sites for hydroxylation is 1. The van der Waals surface area contributed by atoms with Crippen molar-refractivity contribution in [1.29, 1.82) is 0 Å². The number of carbonyl (C=O) groups is 4. The summed E-state index contributed by atoms with van der Waals surface area (Å²) < 4.78 is 25.5. The van der Waals surface area contributed by atoms with E-state index in [0.717, 1.165) is 50.7 Å². The van der Waals surface area contributed by atoms with Gasteiger partial charge in [0.25, 0.3) is 11.4 Å². The molecular formula is C70H95ClIKN6O16. The number of nitro benzene ring substituents is 2. The number of pyridine rings is 1. The average molecular weight is 1480 g/mol. The number of rotatable bonds is 13. The Morgan fingerprint density at radius 3 is 1.36 bits per heavy atom. The SMILES string of the molecule is CC(C)(C)[O-].CC(C)C(=O)Cl.CI.COc1ccc(C(C)=O)c(N)c1C.COc1ccc(C(C)=O)c(NC(=O)C(C)C)c1C.COc1ccc2c(=O)cc(C(C)C)[nH]c2c1C.COc1cccc(N)c1C.COc1cccc([N+](=O)[O-])c1C.Cc1c(O)cccc1[N+](=O)[O-].[K+]. The fraction of sp³-hybridized carbons (Fsp3) is 0.386. The number of anilines is 3. The predicted octanol–water partition coefficient (Wildman–Crippen LogP) is 12.3. The molecule has 0 saturated carbocycles. The number of amides is 1. The maximum atomic E-state index is 12.0. The van der Waals surface area contributed by atoms with Gasteiger partial charge in [0.15, 0.2) is 17.0 Å². The minimum absolute atomic E-state index is 0. The number of ketones is 2. The first-order chi connectivity index (χ1) is 43.7. The van der Waals surface area contributed by atoms with E-state index in [4.69, 9.17) is 51.9 Å². The van der Waals surface area contributed by atoms with Crippen LogP contribution in [-0.2, 0) is 9.59 Å². The summed E-state index contributed by atoms with van der Waals surface area (Å²) in [5.41, 5.74) is 19.9. The molecule has 0 aliphatic heterocycles. The molecule has 0 unspecified atom stereocenters. The van der Waals surface area contributed by atoms with Gasteiger partial charge < -0.3 is 55.7 Å². The van der Waals surface area contributed by atoms with Crippen molar-refractivity contribution < 1.29 is 114 Å². The van der Waals surface area contributed by atoms with Crippen LogP contribution in [0.5, 0.6) is 34.5 Å². The summed E-state index contributed by atoms with van der Waals surface area (Å²) in [4.78, 5) is 81.4. The maximum absolute atomic E-state index is 12.0. The van der Waals surface area contributed by atoms with Crippen LogP contribution >= 0.6 is 34.2 Å². The second kappa shape index (κ2) is 46.1. The zero-order valence-corrected chi connectivity index (χ0v) is 65.4. The zero-order chi connectivity index (χ0) is 73.2. The van der Waals surface area contributed by atoms with E-state index in [-0.39, 0.29) is 108 Å². The fourth-order valence-corrected chi connectivity index (χ4v) is 7.55. The number of aromatic hydroxyl groups is 1. The molecule has 0 fully saturated rings. The van der Waals surface area contributed by atoms with Gasteiger partial charge in [-0.25, -0.2) is 0 Å². The number of aromatic nitrogens is 1. The molecule has 7 rings (SSSR count). The monoisotopic (exact) mass is 1480 g/mol. The summed E-state index contributed by atoms with van der Waals surface area (Å²) >= 11 is 7.12. The van der Waals surface area contributed by atoms with Crippen LogP contribution in [0.4, 0.5) is 28.4 Å². The summed E-state index contributed by atoms with van der Waals surface area (Å²) in [7, 11) is 7.91. The van der Waals surface area contributed by atoms with Crippen molar-refractivity contribution in [3.63, 3.8) is 0 Å². The standard InChI is InChI=1S/C14H19NO3.C14H17NO2.C10H13NO2.C8H9NO3.C8H11NO.C7H7NO3.C4H7ClO.C4H9O.CH3I.K/c1-8(2)14(17)15-13-9(3)12(18-5)7-6-11(13)10(4)16;1-8(2)11-7-12(16)10-5-6-13(17-4)9(3)14(10)15-11;1-6-9(13-3)5-4-8(7(2)12)10(6)11;1-6-7(9(10)11)4-3-5-8(6)12-2;1-6-7(9)4-3-5-8(6)10-2;1-5-6(8(10)11)3-2-4-7(5)9;1-3(2)4(5)6;1-4(2,3)5;1-2;/h6-8H,1-5H3,(H,15,17);5-8H,1-4H3,(H,15,16);4-5H,11H2,1-3H3;3-5H,1-2H3;3-5H,9H2,1-2H3;2-4,9H,1H3;3H,1-2H3;1-3H3;1H3;/q;;;;;;;-1;;+1. The molecule has 7 aromatic rings. The van der Waals surface area contributed by atoms with Gasteiger partial charge in [0, 0.05) is 85.9 Å². The molecule has 0 radical (unpaired) electrons. The van der Waals surface area contributed by atoms with E-state index in [2.05, 4.69) is 46.7 Å². The molecule has 25 heteroatoms. The maximum Gasteiger partial charge on any atom is 1.00 e. The summed E-state index contributed by atoms with van der Waals surface area (Å²) in [6, 6.07) is 26.8. The van der Waals surface area contributed by atoms with Crippen LogP contribution in [0.15, 0.2) is 102 Å². The number of nitrogens with one attached hydrogen (secondary N) is 2. The molecule has 22 nitrogen and oxygen atoms in total. The molecule has 0 atom stereocenters. The Kier molecular flexibility index (Phi) is 44.6. The number of alkyl halides is 1. The molecule has 1 aromatic heterocycles. The number of hydrogen-bond donors (Lipinski definition) is 5. The number of nitrogens with zero attached hydrogens (tertiary/aromatic N) is 2. The van der Waals surface area contributed by atoms with Crippen molar-refractivity contribution in [3.8, 4) is 34.5 Å². The topological polar surface area (TPSA) is 341 Å². The third-order valence-electron chi connectivity index (χ3n) is 13.1. The number of phenols is 1. The van der Waals surface area contributed by atoms with Crippen LogP contribution < -0.4 is 102 Å². The Morgan fingerprint density at radius 1 is 0.589 bits per heavy atom. The van der Waals surface area contributed by atoms with Crippen LogP contribution in [0.3, 0.4) is 0 Å². The van der Waals surface area contributed by atoms with Crippen LogP contribution in [0.2, 0.25) is 0 Å². The van der Waals surface area contributed by atoms with Gasteiger partial charge >= 0.3 is 51.4 Å². The first kappa shape index (κ1) is 92.0. The van der Waals surface area contributed by atoms with Crippen molar-refractivity contribution in [2.45, 2.75) is 129 Å². The minimum atomic E-state index is -0.750. The van der Waals surface area contributed by atoms with Crippen LogP contribution in [0, 0.1) is 73.6 Å². The Morgan fingerprint density at radius 2 is 0.968 bits per heavy atom. The third-order valence-corrected chi connectivity index (χ3v) is 13.5. The van der Waals surface area contributed by atoms with Crippen molar-refractivity contribution in [1.82, 2.24) is 4.98 Å². The minimum Gasteiger partial charge on any atom is -0.850 e. The summed E-state index contributed by atoms with van der Waals surface area (Å²) in [6.07, 6.45) is 0. The molecule has 0 bridgehead atoms. The number of Topliss-reactive ketones (excluding diaryl/α,β-unsaturated/α-hetero) is 2. The van der Waals surface area contributed by atoms with E-state index in [1.807, 2.05) is 63.0 Å². The van der Waals surface area contributed by atoms with Gasteiger partial charge in [0.2, 0.25) is 11.1 Å². The number of methoxy groups -OCH3 is 5. The van der Waals surface area contributed by atoms with Crippen LogP contribution in [0.1, 0.15) is 142 Å². The molecule has 0 aliphatic rings. The van der Waals surface area contributed by atoms with Gasteiger partial charge in [-0.1, -0.05) is 103 Å². The largest absolute Gasteiger partial charge is 1.00 e. The number of benzene rings is 6. The fourth-order valence-electron chi connectivity index (χ4n) is 7.55. The average Bonchev–Trinajstić information content (AvgIpc) is 0.813. The molecule has 6 aromatic carbocycles. The molecule has 0 aliphatic carbocycles. The molecular weight excluding hydrogens is 1380 g/mol. The number of H-pyrrole nitrogens is 1. The third kappa shape index (κ3) is 32.0. The van der Waals surface area contributed by atoms with E-state index in [9.17, 15) is 49.3 Å². The Bertz CT molecular complexity index is 3700. The molecule has 1 heterocycles. The first-order valence-electron chi connectivity index (χ1n) is 29.2. The molecule has 7 N–H and O–H groups in total. The van der Waals surface area contributed by atoms with E-state index in [1.54, 1.807) is 126 Å². The quantitative estimate of drug-likeness (QED) is 0.0105. The van der Waals surface area contributed by atoms with Crippen LogP contribution in [-0.4, -0.2) is 88.7 Å². The number of phenolic OH excluding ortho intramolecular Hbond substituents is 1. The van der Waals surface area contributed by atoms with E-state index in [1.165, 1.54) is 52.1 Å². The number of nitro groups is 2. The zero-order valence-electron chi connectivity index (χ0n) is 59.3. The van der Waals surface area contributed by atoms with E-state index in [0.29, 0.717) is 62.2 Å². The molecule has 516 valence electrons. The molecule has 95 heavy (non-hydrogen) atoms. The van der Waals surface area contributed by atoms with Gasteiger partial charge in [-0.3, -0.25) is 44.2 Å². The summed E-state index contributed by atoms with van der Waals surface area (Å²) in [5.74, 6) is 3.43. The Labute approximate surface area is 620 Å². The van der Waals surface area contributed by atoms with Crippen LogP contribution in [0.25, 0.3) is 10.9 Å². The number of ether oxygens (including phenoxy) is 5. The van der Waals surface area contributed by atoms with Crippen molar-refractivity contribution in [2.24, 2.45) is 11.8 Å². The van der Waals surface area contributed by atoms with Crippen molar-refractivity contribution in [3.05, 3.63) is 178 Å². The Balaban J connectivity index is -0.00000104. The molecule has 0 saturated heterocycles. The van der Waals surface area contributed by atoms with E-state index < -0.39 is 15.4 Å². The smallest absolute Gasteiger partial charge is 0.850 e. The van der Waals surface area contributed by atoms with Crippen molar-refractivity contribution in [2.75, 3.05) is 57.3 Å². The summed E-state index contributed by atoms with van der Waals surface area (Å²) in [6.45, 7) is 29.8. The number of fused-ring (bicyclic) bond motifs is 1. The number of nitrogens with two attached hydrogens (primary N) is 2. The normalized spacial score (nSPS) is 9.86. The predicted molar refractivity (Wildman–Crippen MR) is 385 cm³/mol. The van der Waals surface area contributed by atoms with Gasteiger partial charge in [-0.15, -0.1) is 5.60 Å². The van der Waals surface area contributed by atoms with E-state index >= 15 is 0 Å². The summed E-state index contributed by atoms with van der Waals surface area (Å²) in [5, 5.41) is 43.1. The first-order valence-corrected chi connectivity index (χ1v) is 31.7. The van der Waals surface area contributed by atoms with Gasteiger partial charge in [-0.2, -0.15) is 0 Å². The number of halogens is 2. The van der Waals surface area contributed by atoms with Gasteiger partial charge in [0.1, 0.15) is 34.5 Å². The molecule has 0 spiro atoms. The Hall–Kier alpha value is -7.17. The van der Waals surface area contributed by atoms with Crippen molar-refractivity contribution >= 4 is 96.2 Å². The number of nitrogen functional groups attached to an aromatic ring is 2. The second-order valence-corrected chi connectivity index (χ2v) is 22.6. The van der Waals surface area contributed by atoms with Gasteiger partial charge in [-0.05, 0) is 139 Å². The molecule has 1 amide bonds. The van der Waals surface area contributed by atoms with Gasteiger partial charge in [0.05, 0.1) is 67.7 Å².